The first-order valence-corrected chi connectivity index (χ1v) is 10.3. The van der Waals surface area contributed by atoms with Crippen LogP contribution in [-0.4, -0.2) is 18.9 Å². The quantitative estimate of drug-likeness (QED) is 0.301. The van der Waals surface area contributed by atoms with Crippen molar-refractivity contribution >= 4 is 79.8 Å². The van der Waals surface area contributed by atoms with Gasteiger partial charge in [0.1, 0.15) is 5.75 Å². The van der Waals surface area contributed by atoms with E-state index in [4.69, 9.17) is 9.29 Å². The Hall–Kier alpha value is -0.260. The van der Waals surface area contributed by atoms with Crippen LogP contribution in [0.1, 0.15) is 10.4 Å². The molecule has 0 spiro atoms. The summed E-state index contributed by atoms with van der Waals surface area (Å²) in [6, 6.07) is 6.93. The molecule has 0 heterocycles. The van der Waals surface area contributed by atoms with Crippen molar-refractivity contribution < 1.29 is 22.5 Å². The van der Waals surface area contributed by atoms with Crippen LogP contribution < -0.4 is 4.74 Å². The van der Waals surface area contributed by atoms with Crippen LogP contribution in [0.2, 0.25) is 0 Å². The highest BCUT2D eigenvalue weighted by molar-refractivity contribution is 9.11. The highest BCUT2D eigenvalue weighted by Crippen LogP contribution is 2.33. The number of carbonyl (C=O) groups excluding carboxylic acids is 1. The van der Waals surface area contributed by atoms with Gasteiger partial charge in [0.15, 0.2) is 0 Å². The van der Waals surface area contributed by atoms with Crippen molar-refractivity contribution in [1.29, 1.82) is 0 Å². The minimum absolute atomic E-state index is 0.115. The molecule has 0 unspecified atom stereocenters. The molecule has 5 nitrogen and oxygen atoms in total. The maximum absolute atomic E-state index is 12.3. The van der Waals surface area contributed by atoms with Crippen molar-refractivity contribution in [2.24, 2.45) is 0 Å². The Kier molecular flexibility index (Phi) is 6.07. The summed E-state index contributed by atoms with van der Waals surface area (Å²) in [5.41, 5.74) is 0.277. The maximum atomic E-state index is 12.3. The van der Waals surface area contributed by atoms with E-state index in [0.29, 0.717) is 8.95 Å². The van der Waals surface area contributed by atoms with E-state index < -0.39 is 16.1 Å². The van der Waals surface area contributed by atoms with Gasteiger partial charge in [-0.05, 0) is 78.1 Å². The molecule has 23 heavy (non-hydrogen) atoms. The number of benzene rings is 2. The molecule has 0 aliphatic carbocycles. The van der Waals surface area contributed by atoms with Gasteiger partial charge in [0, 0.05) is 13.4 Å². The van der Waals surface area contributed by atoms with Gasteiger partial charge in [-0.3, -0.25) is 4.55 Å². The Morgan fingerprint density at radius 2 is 1.52 bits per heavy atom. The predicted octanol–water partition coefficient (Wildman–Crippen LogP) is 5.20. The lowest BCUT2D eigenvalue weighted by molar-refractivity contribution is 0.0731. The molecule has 2 rings (SSSR count). The smallest absolute Gasteiger partial charge is 0.345 e. The molecule has 0 saturated heterocycles. The second-order valence-electron chi connectivity index (χ2n) is 4.20. The Morgan fingerprint density at radius 3 is 2.00 bits per heavy atom. The minimum Gasteiger partial charge on any atom is -0.422 e. The third kappa shape index (κ3) is 4.64. The average Bonchev–Trinajstić information content (AvgIpc) is 2.38. The van der Waals surface area contributed by atoms with Gasteiger partial charge in [0.05, 0.1) is 14.9 Å². The fraction of sp³-hybridized carbons (Fsp3) is 0. The second-order valence-corrected chi connectivity index (χ2v) is 9.10. The molecule has 0 atom stereocenters. The van der Waals surface area contributed by atoms with E-state index >= 15 is 0 Å². The van der Waals surface area contributed by atoms with Crippen molar-refractivity contribution in [3.63, 3.8) is 0 Å². The highest BCUT2D eigenvalue weighted by Gasteiger charge is 2.19. The molecule has 0 aliphatic heterocycles. The minimum atomic E-state index is -4.33. The van der Waals surface area contributed by atoms with Crippen LogP contribution in [0, 0.1) is 0 Å². The summed E-state index contributed by atoms with van der Waals surface area (Å²) >= 11 is 13.0. The molecule has 2 aromatic carbocycles. The van der Waals surface area contributed by atoms with Gasteiger partial charge < -0.3 is 4.74 Å². The van der Waals surface area contributed by atoms with Crippen LogP contribution in [0.4, 0.5) is 0 Å². The first-order valence-electron chi connectivity index (χ1n) is 5.73. The SMILES string of the molecule is O=C(Oc1ccc(S(=O)(=O)O)cc1Br)c1c(Br)cc(Br)cc1Br. The molecule has 122 valence electrons. The second kappa shape index (κ2) is 7.32. The van der Waals surface area contributed by atoms with E-state index in [1.165, 1.54) is 6.07 Å². The zero-order chi connectivity index (χ0) is 17.4. The van der Waals surface area contributed by atoms with Crippen LogP contribution in [0.5, 0.6) is 5.75 Å². The fourth-order valence-electron chi connectivity index (χ4n) is 1.61. The van der Waals surface area contributed by atoms with Crippen LogP contribution in [0.15, 0.2) is 53.1 Å². The number of hydrogen-bond acceptors (Lipinski definition) is 4. The van der Waals surface area contributed by atoms with Gasteiger partial charge in [-0.1, -0.05) is 15.9 Å². The molecule has 10 heteroatoms. The molecule has 0 radical (unpaired) electrons. The summed E-state index contributed by atoms with van der Waals surface area (Å²) in [5, 5.41) is 0. The zero-order valence-electron chi connectivity index (χ0n) is 10.9. The molecule has 0 amide bonds. The van der Waals surface area contributed by atoms with Gasteiger partial charge in [-0.25, -0.2) is 4.79 Å². The summed E-state index contributed by atoms with van der Waals surface area (Å²) in [5.74, 6) is -0.527. The summed E-state index contributed by atoms with van der Waals surface area (Å²) in [4.78, 5) is 12.0. The number of halogens is 4. The largest absolute Gasteiger partial charge is 0.422 e. The van der Waals surface area contributed by atoms with Crippen LogP contribution in [-0.2, 0) is 10.1 Å². The van der Waals surface area contributed by atoms with Gasteiger partial charge in [0.2, 0.25) is 0 Å². The molecule has 1 N–H and O–H groups in total. The van der Waals surface area contributed by atoms with Crippen molar-refractivity contribution in [2.45, 2.75) is 4.90 Å². The number of carbonyl (C=O) groups is 1. The van der Waals surface area contributed by atoms with E-state index in [0.717, 1.165) is 16.6 Å². The van der Waals surface area contributed by atoms with Gasteiger partial charge >= 0.3 is 5.97 Å². The van der Waals surface area contributed by atoms with Crippen LogP contribution >= 0.6 is 63.7 Å². The molecule has 0 aromatic heterocycles. The third-order valence-corrected chi connectivity index (χ3v) is 5.79. The lowest BCUT2D eigenvalue weighted by Gasteiger charge is -2.10. The normalized spacial score (nSPS) is 11.3. The predicted molar refractivity (Wildman–Crippen MR) is 98.5 cm³/mol. The molecule has 0 aliphatic rings. The van der Waals surface area contributed by atoms with Crippen molar-refractivity contribution in [3.8, 4) is 5.75 Å². The third-order valence-electron chi connectivity index (χ3n) is 2.61. The highest BCUT2D eigenvalue weighted by atomic mass is 79.9. The van der Waals surface area contributed by atoms with Crippen LogP contribution in [0.25, 0.3) is 0 Å². The standard InChI is InChI=1S/C13H6Br4O5S/c14-6-3-9(16)12(10(17)4-6)13(18)22-11-2-1-7(5-8(11)15)23(19,20)21/h1-5H,(H,19,20,21). The van der Waals surface area contributed by atoms with E-state index in [1.807, 2.05) is 0 Å². The van der Waals surface area contributed by atoms with Crippen molar-refractivity contribution in [1.82, 2.24) is 0 Å². The number of ether oxygens (including phenoxy) is 1. The van der Waals surface area contributed by atoms with Gasteiger partial charge in [0.25, 0.3) is 10.1 Å². The Bertz CT molecular complexity index is 872. The first kappa shape index (κ1) is 19.1. The van der Waals surface area contributed by atoms with Gasteiger partial charge in [-0.2, -0.15) is 8.42 Å². The lowest BCUT2D eigenvalue weighted by atomic mass is 10.2. The topological polar surface area (TPSA) is 80.7 Å². The fourth-order valence-corrected chi connectivity index (χ4v) is 5.31. The Morgan fingerprint density at radius 1 is 0.957 bits per heavy atom. The molecule has 0 saturated carbocycles. The molecule has 2 aromatic rings. The monoisotopic (exact) mass is 590 g/mol. The number of rotatable bonds is 3. The van der Waals surface area contributed by atoms with E-state index in [-0.39, 0.29) is 20.7 Å². The number of hydrogen-bond donors (Lipinski definition) is 1. The zero-order valence-corrected chi connectivity index (χ0v) is 18.0. The molecular formula is C13H6Br4O5S. The molecule has 0 bridgehead atoms. The average molecular weight is 594 g/mol. The lowest BCUT2D eigenvalue weighted by Crippen LogP contribution is -2.11. The van der Waals surface area contributed by atoms with E-state index in [2.05, 4.69) is 63.7 Å². The van der Waals surface area contributed by atoms with Crippen molar-refractivity contribution in [3.05, 3.63) is 53.8 Å². The van der Waals surface area contributed by atoms with E-state index in [9.17, 15) is 13.2 Å². The van der Waals surface area contributed by atoms with Crippen molar-refractivity contribution in [2.75, 3.05) is 0 Å². The summed E-state index contributed by atoms with van der Waals surface area (Å²) in [7, 11) is -4.33. The van der Waals surface area contributed by atoms with Gasteiger partial charge in [-0.15, -0.1) is 0 Å². The summed E-state index contributed by atoms with van der Waals surface area (Å²) in [6.07, 6.45) is 0. The summed E-state index contributed by atoms with van der Waals surface area (Å²) in [6.45, 7) is 0. The Balaban J connectivity index is 2.35. The number of esters is 1. The maximum Gasteiger partial charge on any atom is 0.345 e. The first-order chi connectivity index (χ1) is 10.6. The van der Waals surface area contributed by atoms with Crippen LogP contribution in [0.3, 0.4) is 0 Å². The molecule has 0 fully saturated rings. The Labute approximate surface area is 165 Å². The van der Waals surface area contributed by atoms with E-state index in [1.54, 1.807) is 12.1 Å². The molecular weight excluding hydrogens is 588 g/mol. The summed E-state index contributed by atoms with van der Waals surface area (Å²) < 4.78 is 38.4.